The monoisotopic (exact) mass is 986 g/mol. The Morgan fingerprint density at radius 2 is 0.704 bits per heavy atom. The van der Waals surface area contributed by atoms with Crippen molar-refractivity contribution >= 4 is 67.8 Å². The Labute approximate surface area is 427 Å². The average Bonchev–Trinajstić information content (AvgIpc) is 4.09. The van der Waals surface area contributed by atoms with Crippen molar-refractivity contribution in [1.82, 2.24) is 9.80 Å². The van der Waals surface area contributed by atoms with Crippen LogP contribution in [0.2, 0.25) is 0 Å². The topological polar surface area (TPSA) is 74.8 Å². The summed E-state index contributed by atoms with van der Waals surface area (Å²) in [4.78, 5) is 61.7. The second-order valence-electron chi connectivity index (χ2n) is 19.7. The molecule has 0 saturated heterocycles. The molecule has 2 aliphatic rings. The van der Waals surface area contributed by atoms with E-state index in [1.165, 1.54) is 111 Å². The van der Waals surface area contributed by atoms with Gasteiger partial charge in [-0.3, -0.25) is 29.0 Å². The molecule has 0 fully saturated rings. The van der Waals surface area contributed by atoms with Gasteiger partial charge in [-0.05, 0) is 101 Å². The summed E-state index contributed by atoms with van der Waals surface area (Å²) in [6.07, 6.45) is 23.8. The lowest BCUT2D eigenvalue weighted by Gasteiger charge is -2.27. The predicted molar refractivity (Wildman–Crippen MR) is 293 cm³/mol. The normalized spacial score (nSPS) is 13.5. The van der Waals surface area contributed by atoms with Crippen LogP contribution < -0.4 is 0 Å². The zero-order chi connectivity index (χ0) is 49.3. The number of amides is 4. The first-order valence-electron chi connectivity index (χ1n) is 26.6. The highest BCUT2D eigenvalue weighted by Gasteiger charge is 2.35. The molecule has 9 rings (SSSR count). The van der Waals surface area contributed by atoms with Gasteiger partial charge in [0.15, 0.2) is 0 Å². The molecule has 5 aromatic carbocycles. The largest absolute Gasteiger partial charge is 0.274 e. The van der Waals surface area contributed by atoms with Gasteiger partial charge >= 0.3 is 0 Å². The third-order valence-electron chi connectivity index (χ3n) is 14.7. The summed E-state index contributed by atoms with van der Waals surface area (Å²) in [5.74, 6) is -1.25. The molecule has 0 unspecified atom stereocenters. The van der Waals surface area contributed by atoms with Crippen LogP contribution in [0.5, 0.6) is 0 Å². The molecule has 71 heavy (non-hydrogen) atoms. The first-order valence-corrected chi connectivity index (χ1v) is 28.3. The van der Waals surface area contributed by atoms with E-state index in [0.29, 0.717) is 51.7 Å². The van der Waals surface area contributed by atoms with Crippen molar-refractivity contribution < 1.29 is 23.6 Å². The number of unbranched alkanes of at least 4 members (excludes halogenated alkanes) is 18. The van der Waals surface area contributed by atoms with Crippen molar-refractivity contribution in [3.05, 3.63) is 131 Å². The molecule has 9 heteroatoms. The number of benzene rings is 5. The van der Waals surface area contributed by atoms with E-state index >= 15 is 4.39 Å². The van der Waals surface area contributed by atoms with Gasteiger partial charge in [0.2, 0.25) is 0 Å². The van der Waals surface area contributed by atoms with Crippen molar-refractivity contribution in [2.45, 2.75) is 142 Å². The molecule has 0 saturated carbocycles. The summed E-state index contributed by atoms with van der Waals surface area (Å²) in [7, 11) is 0. The minimum atomic E-state index is -0.331. The Hall–Kier alpha value is -5.77. The van der Waals surface area contributed by atoms with Crippen LogP contribution in [0, 0.1) is 5.82 Å². The van der Waals surface area contributed by atoms with Gasteiger partial charge in [0.1, 0.15) is 5.82 Å². The molecule has 6 nitrogen and oxygen atoms in total. The highest BCUT2D eigenvalue weighted by atomic mass is 32.1. The molecule has 0 spiro atoms. The van der Waals surface area contributed by atoms with Crippen LogP contribution in [0.1, 0.15) is 184 Å². The highest BCUT2D eigenvalue weighted by Crippen LogP contribution is 2.44. The number of hydrogen-bond donors (Lipinski definition) is 0. The maximum atomic E-state index is 16.2. The Morgan fingerprint density at radius 1 is 0.366 bits per heavy atom. The quantitative estimate of drug-likeness (QED) is 0.0400. The second-order valence-corrected chi connectivity index (χ2v) is 21.9. The van der Waals surface area contributed by atoms with Crippen LogP contribution in [-0.2, 0) is 0 Å². The van der Waals surface area contributed by atoms with Crippen molar-refractivity contribution in [2.24, 2.45) is 0 Å². The average molecular weight is 987 g/mol. The number of thiophene rings is 2. The summed E-state index contributed by atoms with van der Waals surface area (Å²) in [6.45, 7) is 5.34. The van der Waals surface area contributed by atoms with Crippen molar-refractivity contribution in [3.63, 3.8) is 0 Å². The molecule has 368 valence electrons. The third kappa shape index (κ3) is 10.9. The Bertz CT molecular complexity index is 3010. The summed E-state index contributed by atoms with van der Waals surface area (Å²) in [5, 5.41) is 3.10. The highest BCUT2D eigenvalue weighted by molar-refractivity contribution is 7.19. The summed E-state index contributed by atoms with van der Waals surface area (Å²) >= 11 is 3.04. The number of nitrogens with zero attached hydrogens (tertiary/aromatic N) is 2. The lowest BCUT2D eigenvalue weighted by atomic mass is 9.90. The lowest BCUT2D eigenvalue weighted by molar-refractivity contribution is 0.0592. The van der Waals surface area contributed by atoms with Crippen LogP contribution in [0.4, 0.5) is 4.39 Å². The Kier molecular flexibility index (Phi) is 16.7. The van der Waals surface area contributed by atoms with Crippen molar-refractivity contribution in [3.8, 4) is 41.8 Å². The van der Waals surface area contributed by atoms with Crippen LogP contribution >= 0.6 is 22.7 Å². The van der Waals surface area contributed by atoms with Gasteiger partial charge < -0.3 is 0 Å². The zero-order valence-corrected chi connectivity index (χ0v) is 43.2. The van der Waals surface area contributed by atoms with Gasteiger partial charge in [-0.25, -0.2) is 4.39 Å². The molecule has 2 aromatic heterocycles. The minimum Gasteiger partial charge on any atom is -0.274 e. The van der Waals surface area contributed by atoms with Crippen LogP contribution in [-0.4, -0.2) is 46.5 Å². The maximum absolute atomic E-state index is 16.2. The molecular formula is C62H67FN2O4S2. The van der Waals surface area contributed by atoms with E-state index in [-0.39, 0.29) is 29.4 Å². The number of imide groups is 2. The summed E-state index contributed by atoms with van der Waals surface area (Å²) in [5.41, 5.74) is 5.33. The molecular weight excluding hydrogens is 920 g/mol. The van der Waals surface area contributed by atoms with E-state index in [0.717, 1.165) is 85.5 Å². The van der Waals surface area contributed by atoms with Crippen LogP contribution in [0.25, 0.3) is 63.3 Å². The SMILES string of the molecule is CCCCCCCCCCCCN1C(=O)c2cccc3c(-c4ccc(-c5ccc(-c6ccc(-c7ccc8c9c(cccc79)C(=O)N(CCCCCCCCCCCC)C8=O)s6)c(F)c5)s4)ccc(c23)C1=O. The van der Waals surface area contributed by atoms with Crippen molar-refractivity contribution in [1.29, 1.82) is 0 Å². The number of carbonyl (C=O) groups excluding carboxylic acids is 4. The minimum absolute atomic E-state index is 0.226. The molecule has 4 amide bonds. The summed E-state index contributed by atoms with van der Waals surface area (Å²) < 4.78 is 16.2. The van der Waals surface area contributed by atoms with E-state index in [4.69, 9.17) is 0 Å². The van der Waals surface area contributed by atoms with Gasteiger partial charge in [-0.1, -0.05) is 172 Å². The van der Waals surface area contributed by atoms with Gasteiger partial charge in [-0.2, -0.15) is 0 Å². The molecule has 0 aliphatic carbocycles. The molecule has 0 radical (unpaired) electrons. The number of hydrogen-bond acceptors (Lipinski definition) is 6. The van der Waals surface area contributed by atoms with Gasteiger partial charge in [0, 0.05) is 71.2 Å². The molecule has 0 N–H and O–H groups in total. The van der Waals surface area contributed by atoms with E-state index in [1.54, 1.807) is 17.4 Å². The van der Waals surface area contributed by atoms with Gasteiger partial charge in [0.25, 0.3) is 23.6 Å². The zero-order valence-electron chi connectivity index (χ0n) is 41.6. The Morgan fingerprint density at radius 3 is 1.13 bits per heavy atom. The number of rotatable bonds is 26. The fraction of sp³-hybridized carbons (Fsp3) is 0.387. The van der Waals surface area contributed by atoms with Gasteiger partial charge in [-0.15, -0.1) is 22.7 Å². The Balaban J connectivity index is 0.850. The van der Waals surface area contributed by atoms with E-state index in [1.807, 2.05) is 97.1 Å². The maximum Gasteiger partial charge on any atom is 0.261 e. The fourth-order valence-electron chi connectivity index (χ4n) is 10.8. The van der Waals surface area contributed by atoms with E-state index < -0.39 is 0 Å². The molecule has 7 aromatic rings. The standard InChI is InChI=1S/C62H67FN2O4S2/c1-3-5-7-9-11-13-15-17-19-21-39-64-59(66)48-27-23-25-45-43(31-33-50(57(45)48)61(64)68)54-36-35-53(70-54)42-29-30-47(52(63)41-42)56-38-37-55(71-56)44-32-34-51-58-46(44)26-24-28-49(58)60(67)65(62(51)69)40-22-20-18-16-14-12-10-8-6-4-2/h23-38,41H,3-22,39-40H2,1-2H3. The lowest BCUT2D eigenvalue weighted by Crippen LogP contribution is -2.40. The molecule has 0 atom stereocenters. The van der Waals surface area contributed by atoms with Crippen molar-refractivity contribution in [2.75, 3.05) is 13.1 Å². The molecule has 0 bridgehead atoms. The van der Waals surface area contributed by atoms with Gasteiger partial charge in [0.05, 0.1) is 0 Å². The van der Waals surface area contributed by atoms with Crippen LogP contribution in [0.15, 0.2) is 103 Å². The smallest absolute Gasteiger partial charge is 0.261 e. The molecule has 4 heterocycles. The fourth-order valence-corrected chi connectivity index (χ4v) is 12.9. The summed E-state index contributed by atoms with van der Waals surface area (Å²) in [6, 6.07) is 32.4. The predicted octanol–water partition coefficient (Wildman–Crippen LogP) is 18.0. The third-order valence-corrected chi connectivity index (χ3v) is 17.0. The van der Waals surface area contributed by atoms with E-state index in [9.17, 15) is 19.2 Å². The first-order chi connectivity index (χ1) is 34.8. The number of halogens is 1. The first kappa shape index (κ1) is 50.2. The van der Waals surface area contributed by atoms with E-state index in [2.05, 4.69) is 13.8 Å². The molecule has 2 aliphatic heterocycles. The number of carbonyl (C=O) groups is 4. The van der Waals surface area contributed by atoms with Crippen LogP contribution in [0.3, 0.4) is 0 Å². The second kappa shape index (κ2) is 23.6.